The van der Waals surface area contributed by atoms with Gasteiger partial charge in [-0.3, -0.25) is 4.79 Å². The Morgan fingerprint density at radius 2 is 2.00 bits per heavy atom. The van der Waals surface area contributed by atoms with E-state index in [2.05, 4.69) is 0 Å². The maximum atomic E-state index is 10.4. The number of carboxylic acids is 1. The first-order valence-corrected chi connectivity index (χ1v) is 4.13. The number of aliphatic carboxylic acids is 1. The topological polar surface area (TPSA) is 63.3 Å². The fourth-order valence-corrected chi connectivity index (χ4v) is 1.84. The molecule has 11 heavy (non-hydrogen) atoms. The zero-order valence-electron chi connectivity index (χ0n) is 6.42. The molecular formula is C8H13NO2. The van der Waals surface area contributed by atoms with Gasteiger partial charge in [0.2, 0.25) is 0 Å². The van der Waals surface area contributed by atoms with Crippen LogP contribution in [0.25, 0.3) is 0 Å². The summed E-state index contributed by atoms with van der Waals surface area (Å²) in [5.74, 6) is -0.241. The van der Waals surface area contributed by atoms with Crippen molar-refractivity contribution in [3.8, 4) is 0 Å². The molecule has 3 nitrogen and oxygen atoms in total. The van der Waals surface area contributed by atoms with E-state index in [1.165, 1.54) is 0 Å². The summed E-state index contributed by atoms with van der Waals surface area (Å²) in [7, 11) is 0. The van der Waals surface area contributed by atoms with Crippen LogP contribution in [-0.2, 0) is 4.79 Å². The van der Waals surface area contributed by atoms with Crippen molar-refractivity contribution < 1.29 is 9.90 Å². The third-order valence-electron chi connectivity index (χ3n) is 3.13. The van der Waals surface area contributed by atoms with Gasteiger partial charge in [-0.15, -0.1) is 0 Å². The predicted molar refractivity (Wildman–Crippen MR) is 40.0 cm³/mol. The van der Waals surface area contributed by atoms with Crippen molar-refractivity contribution in [3.05, 3.63) is 0 Å². The molecule has 0 unspecified atom stereocenters. The van der Waals surface area contributed by atoms with Crippen molar-refractivity contribution in [1.29, 1.82) is 0 Å². The van der Waals surface area contributed by atoms with Gasteiger partial charge in [0.05, 0.1) is 5.92 Å². The fraction of sp³-hybridized carbons (Fsp3) is 0.875. The molecule has 0 atom stereocenters. The van der Waals surface area contributed by atoms with Crippen LogP contribution in [0.5, 0.6) is 0 Å². The van der Waals surface area contributed by atoms with Gasteiger partial charge >= 0.3 is 5.97 Å². The van der Waals surface area contributed by atoms with E-state index in [0.29, 0.717) is 5.92 Å². The molecule has 0 bridgehead atoms. The van der Waals surface area contributed by atoms with Gasteiger partial charge in [0.15, 0.2) is 0 Å². The summed E-state index contributed by atoms with van der Waals surface area (Å²) in [6.45, 7) is 0. The largest absolute Gasteiger partial charge is 0.481 e. The van der Waals surface area contributed by atoms with Gasteiger partial charge in [-0.05, 0) is 31.6 Å². The van der Waals surface area contributed by atoms with Gasteiger partial charge in [0, 0.05) is 5.54 Å². The van der Waals surface area contributed by atoms with E-state index < -0.39 is 5.97 Å². The second-order valence-electron chi connectivity index (χ2n) is 3.94. The number of hydrogen-bond acceptors (Lipinski definition) is 2. The summed E-state index contributed by atoms with van der Waals surface area (Å²) in [6.07, 6.45) is 3.83. The highest BCUT2D eigenvalue weighted by atomic mass is 16.4. The number of carbonyl (C=O) groups is 1. The lowest BCUT2D eigenvalue weighted by Gasteiger charge is -2.36. The first-order chi connectivity index (χ1) is 5.12. The Labute approximate surface area is 65.6 Å². The highest BCUT2D eigenvalue weighted by Gasteiger charge is 2.52. The quantitative estimate of drug-likeness (QED) is 0.613. The number of nitrogens with two attached hydrogens (primary N) is 1. The third kappa shape index (κ3) is 1.03. The summed E-state index contributed by atoms with van der Waals surface area (Å²) in [4.78, 5) is 10.4. The van der Waals surface area contributed by atoms with E-state index in [1.807, 2.05) is 0 Å². The second kappa shape index (κ2) is 1.97. The minimum absolute atomic E-state index is 0.0476. The minimum Gasteiger partial charge on any atom is -0.481 e. The molecule has 0 aromatic rings. The molecule has 3 heteroatoms. The van der Waals surface area contributed by atoms with Gasteiger partial charge in [0.25, 0.3) is 0 Å². The van der Waals surface area contributed by atoms with Crippen LogP contribution in [-0.4, -0.2) is 16.6 Å². The van der Waals surface area contributed by atoms with E-state index in [9.17, 15) is 4.79 Å². The van der Waals surface area contributed by atoms with Crippen LogP contribution in [0.2, 0.25) is 0 Å². The molecule has 2 aliphatic carbocycles. The van der Waals surface area contributed by atoms with Crippen LogP contribution in [0.15, 0.2) is 0 Å². The summed E-state index contributed by atoms with van der Waals surface area (Å²) in [5, 5.41) is 8.60. The lowest BCUT2D eigenvalue weighted by atomic mass is 9.70. The molecule has 0 aliphatic heterocycles. The smallest absolute Gasteiger partial charge is 0.306 e. The molecule has 0 heterocycles. The van der Waals surface area contributed by atoms with Crippen molar-refractivity contribution in [1.82, 2.24) is 0 Å². The SMILES string of the molecule is NC1(C2CC(C(=O)O)C2)CC1. The van der Waals surface area contributed by atoms with Gasteiger partial charge in [0.1, 0.15) is 0 Å². The monoisotopic (exact) mass is 155 g/mol. The van der Waals surface area contributed by atoms with Gasteiger partial charge in [-0.2, -0.15) is 0 Å². The number of hydrogen-bond donors (Lipinski definition) is 2. The normalized spacial score (nSPS) is 39.4. The van der Waals surface area contributed by atoms with Gasteiger partial charge in [-0.1, -0.05) is 0 Å². The molecule has 0 radical (unpaired) electrons. The molecule has 0 amide bonds. The highest BCUT2D eigenvalue weighted by molar-refractivity contribution is 5.71. The zero-order chi connectivity index (χ0) is 8.06. The van der Waals surface area contributed by atoms with E-state index >= 15 is 0 Å². The van der Waals surface area contributed by atoms with Crippen molar-refractivity contribution in [2.75, 3.05) is 0 Å². The zero-order valence-corrected chi connectivity index (χ0v) is 6.42. The molecule has 2 fully saturated rings. The molecule has 62 valence electrons. The fourth-order valence-electron chi connectivity index (χ4n) is 1.84. The molecular weight excluding hydrogens is 142 g/mol. The van der Waals surface area contributed by atoms with Crippen LogP contribution in [0.1, 0.15) is 25.7 Å². The summed E-state index contributed by atoms with van der Waals surface area (Å²) in [5.41, 5.74) is 5.97. The van der Waals surface area contributed by atoms with Crippen LogP contribution in [0.3, 0.4) is 0 Å². The summed E-state index contributed by atoms with van der Waals surface area (Å²) < 4.78 is 0. The molecule has 2 saturated carbocycles. The number of carboxylic acid groups (broad SMARTS) is 1. The molecule has 2 rings (SSSR count). The lowest BCUT2D eigenvalue weighted by molar-refractivity contribution is -0.146. The van der Waals surface area contributed by atoms with Crippen molar-refractivity contribution in [3.63, 3.8) is 0 Å². The Hall–Kier alpha value is -0.570. The highest BCUT2D eigenvalue weighted by Crippen LogP contribution is 2.51. The van der Waals surface area contributed by atoms with Crippen molar-refractivity contribution >= 4 is 5.97 Å². The van der Waals surface area contributed by atoms with Gasteiger partial charge < -0.3 is 10.8 Å². The summed E-state index contributed by atoms with van der Waals surface area (Å²) >= 11 is 0. The standard InChI is InChI=1S/C8H13NO2/c9-8(1-2-8)6-3-5(4-6)7(10)11/h5-6H,1-4,9H2,(H,10,11). The molecule has 2 aliphatic rings. The van der Waals surface area contributed by atoms with E-state index in [0.717, 1.165) is 25.7 Å². The Bertz CT molecular complexity index is 192. The lowest BCUT2D eigenvalue weighted by Crippen LogP contribution is -2.43. The van der Waals surface area contributed by atoms with E-state index in [1.54, 1.807) is 0 Å². The summed E-state index contributed by atoms with van der Waals surface area (Å²) in [6, 6.07) is 0. The molecule has 0 saturated heterocycles. The second-order valence-corrected chi connectivity index (χ2v) is 3.94. The maximum Gasteiger partial charge on any atom is 0.306 e. The van der Waals surface area contributed by atoms with Crippen LogP contribution >= 0.6 is 0 Å². The Kier molecular flexibility index (Phi) is 1.27. The van der Waals surface area contributed by atoms with Crippen molar-refractivity contribution in [2.45, 2.75) is 31.2 Å². The van der Waals surface area contributed by atoms with E-state index in [-0.39, 0.29) is 11.5 Å². The predicted octanol–water partition coefficient (Wildman–Crippen LogP) is 0.588. The third-order valence-corrected chi connectivity index (χ3v) is 3.13. The number of rotatable bonds is 2. The first kappa shape index (κ1) is 7.10. The van der Waals surface area contributed by atoms with Crippen LogP contribution in [0, 0.1) is 11.8 Å². The Morgan fingerprint density at radius 1 is 1.45 bits per heavy atom. The average Bonchev–Trinajstić information content (AvgIpc) is 2.42. The van der Waals surface area contributed by atoms with Gasteiger partial charge in [-0.25, -0.2) is 0 Å². The van der Waals surface area contributed by atoms with Crippen LogP contribution in [0.4, 0.5) is 0 Å². The first-order valence-electron chi connectivity index (χ1n) is 4.13. The Balaban J connectivity index is 1.84. The van der Waals surface area contributed by atoms with Crippen molar-refractivity contribution in [2.24, 2.45) is 17.6 Å². The molecule has 0 aromatic carbocycles. The van der Waals surface area contributed by atoms with E-state index in [4.69, 9.17) is 10.8 Å². The molecule has 0 aromatic heterocycles. The molecule has 3 N–H and O–H groups in total. The maximum absolute atomic E-state index is 10.4. The Morgan fingerprint density at radius 3 is 2.36 bits per heavy atom. The molecule has 0 spiro atoms. The van der Waals surface area contributed by atoms with Crippen LogP contribution < -0.4 is 5.73 Å². The average molecular weight is 155 g/mol. The minimum atomic E-state index is -0.648.